The summed E-state index contributed by atoms with van der Waals surface area (Å²) in [5, 5.41) is 8.34. The van der Waals surface area contributed by atoms with Gasteiger partial charge in [0.1, 0.15) is 27.3 Å². The van der Waals surface area contributed by atoms with Gasteiger partial charge in [-0.25, -0.2) is 4.79 Å². The molecular weight excluding hydrogens is 666 g/mol. The fourth-order valence-electron chi connectivity index (χ4n) is 7.38. The van der Waals surface area contributed by atoms with Crippen LogP contribution in [0.15, 0.2) is 0 Å². The number of alkyl carbamates (subject to hydrolysis) is 1. The highest BCUT2D eigenvalue weighted by atomic mass is 127. The third kappa shape index (κ3) is 7.13. The number of carbonyl (C=O) groups excluding carboxylic acids is 4. The summed E-state index contributed by atoms with van der Waals surface area (Å²) in [5.74, 6) is 0.226. The van der Waals surface area contributed by atoms with Crippen molar-refractivity contribution in [1.82, 2.24) is 20.9 Å². The predicted octanol–water partition coefficient (Wildman–Crippen LogP) is 3.42. The zero-order chi connectivity index (χ0) is 32.1. The number of amides is 4. The second-order valence-electron chi connectivity index (χ2n) is 14.7. The van der Waals surface area contributed by atoms with Gasteiger partial charge in [0.25, 0.3) is 0 Å². The number of halogens is 1. The van der Waals surface area contributed by atoms with Crippen LogP contribution in [0.4, 0.5) is 4.79 Å². The maximum Gasteiger partial charge on any atom is 0.482 e. The largest absolute Gasteiger partial charge is 0.482 e. The van der Waals surface area contributed by atoms with Crippen LogP contribution in [-0.4, -0.2) is 82.3 Å². The summed E-state index contributed by atoms with van der Waals surface area (Å²) < 4.78 is 17.8. The summed E-state index contributed by atoms with van der Waals surface area (Å²) in [6.07, 6.45) is 2.85. The van der Waals surface area contributed by atoms with Crippen LogP contribution in [0.25, 0.3) is 0 Å². The molecule has 242 valence electrons. The monoisotopic (exact) mass is 716 g/mol. The fourth-order valence-corrected chi connectivity index (χ4v) is 8.55. The van der Waals surface area contributed by atoms with E-state index in [-0.39, 0.29) is 23.1 Å². The van der Waals surface area contributed by atoms with E-state index in [1.165, 1.54) is 19.8 Å². The van der Waals surface area contributed by atoms with Gasteiger partial charge in [0.2, 0.25) is 17.7 Å². The molecule has 0 spiro atoms. The van der Waals surface area contributed by atoms with Gasteiger partial charge in [-0.2, -0.15) is 0 Å². The van der Waals surface area contributed by atoms with E-state index < -0.39 is 52.4 Å². The van der Waals surface area contributed by atoms with E-state index in [4.69, 9.17) is 14.0 Å². The Bertz CT molecular complexity index is 1100. The highest BCUT2D eigenvalue weighted by Gasteiger charge is 2.69. The first-order valence-electron chi connectivity index (χ1n) is 15.7. The van der Waals surface area contributed by atoms with Gasteiger partial charge < -0.3 is 34.9 Å². The van der Waals surface area contributed by atoms with Gasteiger partial charge in [-0.1, -0.05) is 20.8 Å². The van der Waals surface area contributed by atoms with Crippen molar-refractivity contribution in [1.29, 1.82) is 0 Å². The summed E-state index contributed by atoms with van der Waals surface area (Å²) in [4.78, 5) is 53.5. The first-order chi connectivity index (χ1) is 19.8. The van der Waals surface area contributed by atoms with Crippen molar-refractivity contribution in [2.45, 2.75) is 121 Å². The molecule has 3 N–H and O–H groups in total. The molecule has 4 rings (SSSR count). The van der Waals surface area contributed by atoms with Gasteiger partial charge in [0.15, 0.2) is 0 Å². The van der Waals surface area contributed by atoms with Crippen LogP contribution in [0.3, 0.4) is 0 Å². The van der Waals surface area contributed by atoms with Crippen molar-refractivity contribution >= 4 is 53.5 Å². The second-order valence-corrected chi connectivity index (χ2v) is 16.8. The summed E-state index contributed by atoms with van der Waals surface area (Å²) in [7, 11) is -0.599. The minimum Gasteiger partial charge on any atom is -0.444 e. The maximum absolute atomic E-state index is 13.7. The molecule has 0 radical (unpaired) electrons. The number of likely N-dealkylation sites (tertiary alicyclic amines) is 1. The third-order valence-corrected chi connectivity index (χ3v) is 11.1. The molecule has 2 aliphatic carbocycles. The Labute approximate surface area is 270 Å². The minimum atomic E-state index is -0.912. The first-order valence-corrected chi connectivity index (χ1v) is 16.8. The molecule has 2 aliphatic heterocycles. The van der Waals surface area contributed by atoms with E-state index in [0.29, 0.717) is 37.8 Å². The summed E-state index contributed by atoms with van der Waals surface area (Å²) in [5.41, 5.74) is -0.441. The zero-order valence-corrected chi connectivity index (χ0v) is 29.3. The van der Waals surface area contributed by atoms with Crippen LogP contribution in [0.5, 0.6) is 0 Å². The minimum absolute atomic E-state index is 0.0326. The van der Waals surface area contributed by atoms with Gasteiger partial charge in [-0.3, -0.25) is 14.4 Å². The molecule has 0 bridgehead atoms. The smallest absolute Gasteiger partial charge is 0.444 e. The summed E-state index contributed by atoms with van der Waals surface area (Å²) in [6, 6.07) is -2.46. The SMILES string of the molecule is CC(NC(=O)OC(C)(C)C)C(=O)NC(C)C(=O)N1CCCC1C(=O)NC(B1OCC2CC3CC(C(C)(I)O1)C23C)C(C)C. The highest BCUT2D eigenvalue weighted by molar-refractivity contribution is 14.1. The van der Waals surface area contributed by atoms with Crippen molar-refractivity contribution in [2.24, 2.45) is 29.1 Å². The number of hydrogen-bond donors (Lipinski definition) is 3. The molecule has 2 saturated heterocycles. The van der Waals surface area contributed by atoms with Crippen molar-refractivity contribution in [2.75, 3.05) is 13.2 Å². The van der Waals surface area contributed by atoms with Crippen molar-refractivity contribution in [3.05, 3.63) is 0 Å². The molecule has 2 saturated carbocycles. The van der Waals surface area contributed by atoms with E-state index >= 15 is 0 Å². The van der Waals surface area contributed by atoms with E-state index in [1.54, 1.807) is 32.6 Å². The molecule has 13 heteroatoms. The Morgan fingerprint density at radius 3 is 2.28 bits per heavy atom. The number of rotatable bonds is 8. The molecule has 9 unspecified atom stereocenters. The molecule has 11 nitrogen and oxygen atoms in total. The second kappa shape index (κ2) is 12.7. The molecule has 0 aromatic carbocycles. The van der Waals surface area contributed by atoms with Crippen molar-refractivity contribution in [3.63, 3.8) is 0 Å². The van der Waals surface area contributed by atoms with Crippen LogP contribution in [0, 0.1) is 29.1 Å². The lowest BCUT2D eigenvalue weighted by atomic mass is 9.37. The Morgan fingerprint density at radius 1 is 1.00 bits per heavy atom. The number of hydrogen-bond acceptors (Lipinski definition) is 7. The maximum atomic E-state index is 13.7. The van der Waals surface area contributed by atoms with Crippen LogP contribution < -0.4 is 16.0 Å². The quantitative estimate of drug-likeness (QED) is 0.199. The molecule has 2 heterocycles. The van der Waals surface area contributed by atoms with Crippen LogP contribution in [0.1, 0.15) is 88.0 Å². The van der Waals surface area contributed by atoms with Gasteiger partial charge in [-0.15, -0.1) is 0 Å². The van der Waals surface area contributed by atoms with E-state index in [2.05, 4.69) is 52.4 Å². The molecule has 9 atom stereocenters. The first kappa shape index (κ1) is 34.3. The Kier molecular flexibility index (Phi) is 10.1. The molecule has 43 heavy (non-hydrogen) atoms. The number of ether oxygens (including phenoxy) is 1. The normalized spacial score (nSPS) is 33.9. The highest BCUT2D eigenvalue weighted by Crippen LogP contribution is 2.72. The van der Waals surface area contributed by atoms with Crippen LogP contribution in [0.2, 0.25) is 0 Å². The molecular formula is C30H50BIN4O7. The van der Waals surface area contributed by atoms with E-state index in [9.17, 15) is 19.2 Å². The Hall–Kier alpha value is -1.61. The summed E-state index contributed by atoms with van der Waals surface area (Å²) in [6.45, 7) is 17.9. The lowest BCUT2D eigenvalue weighted by Gasteiger charge is -2.71. The summed E-state index contributed by atoms with van der Waals surface area (Å²) >= 11 is 2.42. The van der Waals surface area contributed by atoms with Gasteiger partial charge in [0, 0.05) is 19.1 Å². The standard InChI is InChI=1S/C30H50BIN4O7/c1-16(2)23(31-41-15-20-13-19-14-22(29(19,20)8)30(9,32)43-31)35-25(38)21-11-10-12-36(21)26(39)18(4)33-24(37)17(3)34-27(40)42-28(5,6)7/h16-23H,10-15H2,1-9H3,(H,33,37)(H,34,40)(H,35,38). The number of nitrogens with zero attached hydrogens (tertiary/aromatic N) is 1. The zero-order valence-electron chi connectivity index (χ0n) is 27.1. The van der Waals surface area contributed by atoms with Gasteiger partial charge in [0.05, 0.1) is 5.94 Å². The lowest BCUT2D eigenvalue weighted by Crippen LogP contribution is -2.70. The molecule has 4 aliphatic rings. The Morgan fingerprint density at radius 2 is 1.67 bits per heavy atom. The number of alkyl halides is 1. The van der Waals surface area contributed by atoms with Crippen LogP contribution in [-0.2, 0) is 28.4 Å². The van der Waals surface area contributed by atoms with Crippen LogP contribution >= 0.6 is 22.6 Å². The van der Waals surface area contributed by atoms with E-state index in [0.717, 1.165) is 5.92 Å². The topological polar surface area (TPSA) is 135 Å². The molecule has 0 aromatic heterocycles. The Balaban J connectivity index is 1.36. The van der Waals surface area contributed by atoms with Crippen molar-refractivity contribution in [3.8, 4) is 0 Å². The van der Waals surface area contributed by atoms with Gasteiger partial charge >= 0.3 is 13.2 Å². The molecule has 4 amide bonds. The molecule has 0 aromatic rings. The fraction of sp³-hybridized carbons (Fsp3) is 0.867. The average molecular weight is 716 g/mol. The lowest BCUT2D eigenvalue weighted by molar-refractivity contribution is -0.236. The van der Waals surface area contributed by atoms with Crippen molar-refractivity contribution < 1.29 is 33.2 Å². The number of carbonyl (C=O) groups is 4. The predicted molar refractivity (Wildman–Crippen MR) is 171 cm³/mol. The number of nitrogens with one attached hydrogen (secondary N) is 3. The third-order valence-electron chi connectivity index (χ3n) is 10.0. The molecule has 4 fully saturated rings. The average Bonchev–Trinajstić information content (AvgIpc) is 3.37. The van der Waals surface area contributed by atoms with E-state index in [1.807, 2.05) is 13.8 Å². The van der Waals surface area contributed by atoms with Gasteiger partial charge in [-0.05, 0) is 113 Å².